The highest BCUT2D eigenvalue weighted by atomic mass is 16.4. The molecule has 1 fully saturated rings. The third-order valence-electron chi connectivity index (χ3n) is 12.8. The summed E-state index contributed by atoms with van der Waals surface area (Å²) in [7, 11) is 0. The van der Waals surface area contributed by atoms with Crippen LogP contribution in [-0.4, -0.2) is 142 Å². The number of β-amino-alcohol motifs (C(OH)–C–C–N with tert-alkyl or cyclic N) is 1. The topological polar surface area (TPSA) is 328 Å². The molecule has 1 heterocycles. The summed E-state index contributed by atoms with van der Waals surface area (Å²) in [5.74, 6) is -7.16. The minimum atomic E-state index is -1.38. The number of benzene rings is 5. The van der Waals surface area contributed by atoms with Gasteiger partial charge in [-0.1, -0.05) is 115 Å². The Bertz CT molecular complexity index is 2850. The Kier molecular flexibility index (Phi) is 21.6. The summed E-state index contributed by atoms with van der Waals surface area (Å²) in [6, 6.07) is 30.3. The molecule has 0 unspecified atom stereocenters. The van der Waals surface area contributed by atoms with Crippen LogP contribution in [0.25, 0.3) is 10.8 Å². The number of carbonyl (C=O) groups is 9. The number of amides is 8. The van der Waals surface area contributed by atoms with Crippen LogP contribution in [0.1, 0.15) is 47.9 Å². The second-order valence-corrected chi connectivity index (χ2v) is 18.8. The SMILES string of the molecule is NCCCC[C@H](NC(=O)CNC(=O)CNC(=O)[C@H](Cc1ccc(O)cc1)NC(=O)[C@H](Cc1ccccc1)NC(=O)[C@H](Cc1ccccc1)NC(=O)CNC(=O)Cc1ccc2ccccc2c1)C(=O)N1C[C@H](O)C[C@H]1C(=O)O. The maximum absolute atomic E-state index is 14.5. The van der Waals surface area contributed by atoms with E-state index in [1.54, 1.807) is 60.7 Å². The standard InChI is InChI=1S/C56H65N9O12/c57-24-10-9-17-43(55(75)65-34-42(67)30-47(65)56(76)77)61-50(70)33-59-49(69)31-60-52(72)44(28-37-19-22-41(66)23-20-37)63-54(74)46(27-36-13-5-2-6-14-36)64-53(73)45(26-35-11-3-1-4-12-35)62-51(71)32-58-48(68)29-38-18-21-39-15-7-8-16-40(39)25-38/h1-8,11-16,18-23,25,42-47,66-67H,9-10,17,24,26-34,57H2,(H,58,68)(H,59,69)(H,60,72)(H,61,70)(H,62,71)(H,63,74)(H,64,73)(H,76,77)/t42-,43+,44+,45+,46+,47+/m1/s1. The molecule has 6 rings (SSSR count). The predicted molar refractivity (Wildman–Crippen MR) is 283 cm³/mol. The summed E-state index contributed by atoms with van der Waals surface area (Å²) in [5, 5.41) is 49.8. The zero-order valence-electron chi connectivity index (χ0n) is 42.3. The average Bonchev–Trinajstić information content (AvgIpc) is 3.83. The number of hydrogen-bond acceptors (Lipinski definition) is 12. The van der Waals surface area contributed by atoms with Gasteiger partial charge in [0.15, 0.2) is 0 Å². The number of unbranched alkanes of at least 4 members (excludes halogenated alkanes) is 1. The molecule has 12 N–H and O–H groups in total. The molecule has 6 atom stereocenters. The number of carbonyl (C=O) groups excluding carboxylic acids is 8. The minimum absolute atomic E-state index is 0.00303. The molecule has 8 amide bonds. The van der Waals surface area contributed by atoms with Crippen molar-refractivity contribution in [3.05, 3.63) is 150 Å². The Hall–Kier alpha value is -8.69. The third kappa shape index (κ3) is 18.3. The predicted octanol–water partition coefficient (Wildman–Crippen LogP) is 0.279. The van der Waals surface area contributed by atoms with E-state index in [9.17, 15) is 58.5 Å². The third-order valence-corrected chi connectivity index (χ3v) is 12.8. The lowest BCUT2D eigenvalue weighted by atomic mass is 10.0. The first-order valence-electron chi connectivity index (χ1n) is 25.3. The molecule has 0 saturated carbocycles. The molecule has 0 bridgehead atoms. The number of phenols is 1. The molecule has 21 nitrogen and oxygen atoms in total. The van der Waals surface area contributed by atoms with E-state index in [1.165, 1.54) is 24.3 Å². The first kappa shape index (κ1) is 57.6. The van der Waals surface area contributed by atoms with Crippen molar-refractivity contribution in [1.82, 2.24) is 42.1 Å². The van der Waals surface area contributed by atoms with Crippen molar-refractivity contribution in [3.63, 3.8) is 0 Å². The molecule has 1 aliphatic rings. The monoisotopic (exact) mass is 1060 g/mol. The molecule has 77 heavy (non-hydrogen) atoms. The van der Waals surface area contributed by atoms with Crippen LogP contribution in [0.3, 0.4) is 0 Å². The number of nitrogens with one attached hydrogen (secondary N) is 7. The summed E-state index contributed by atoms with van der Waals surface area (Å²) < 4.78 is 0. The smallest absolute Gasteiger partial charge is 0.326 e. The number of nitrogens with two attached hydrogens (primary N) is 1. The number of fused-ring (bicyclic) bond motifs is 1. The second kappa shape index (κ2) is 28.8. The molecule has 5 aromatic carbocycles. The number of rotatable bonds is 27. The van der Waals surface area contributed by atoms with Crippen LogP contribution < -0.4 is 43.0 Å². The van der Waals surface area contributed by atoms with Crippen molar-refractivity contribution in [2.24, 2.45) is 5.73 Å². The average molecular weight is 1060 g/mol. The van der Waals surface area contributed by atoms with Gasteiger partial charge in [0, 0.05) is 32.2 Å². The number of carboxylic acid groups (broad SMARTS) is 1. The molecule has 1 aliphatic heterocycles. The fraction of sp³-hybridized carbons (Fsp3) is 0.339. The molecule has 0 radical (unpaired) electrons. The summed E-state index contributed by atoms with van der Waals surface area (Å²) in [4.78, 5) is 122. The number of aromatic hydroxyl groups is 1. The van der Waals surface area contributed by atoms with Gasteiger partial charge in [0.05, 0.1) is 32.2 Å². The van der Waals surface area contributed by atoms with Crippen LogP contribution in [0, 0.1) is 0 Å². The normalized spacial score (nSPS) is 15.4. The Morgan fingerprint density at radius 2 is 1.03 bits per heavy atom. The van der Waals surface area contributed by atoms with E-state index in [2.05, 4.69) is 37.2 Å². The van der Waals surface area contributed by atoms with E-state index < -0.39 is 109 Å². The van der Waals surface area contributed by atoms with Crippen molar-refractivity contribution in [1.29, 1.82) is 0 Å². The van der Waals surface area contributed by atoms with Crippen molar-refractivity contribution in [2.75, 3.05) is 32.7 Å². The number of phenolic OH excluding ortho intramolecular Hbond substituents is 1. The van der Waals surface area contributed by atoms with E-state index in [-0.39, 0.29) is 50.8 Å². The van der Waals surface area contributed by atoms with E-state index >= 15 is 0 Å². The number of likely N-dealkylation sites (tertiary alicyclic amines) is 1. The van der Waals surface area contributed by atoms with E-state index in [4.69, 9.17) is 5.73 Å². The van der Waals surface area contributed by atoms with Gasteiger partial charge in [-0.05, 0) is 71.0 Å². The first-order chi connectivity index (χ1) is 37.0. The van der Waals surface area contributed by atoms with Crippen LogP contribution in [0.5, 0.6) is 5.75 Å². The minimum Gasteiger partial charge on any atom is -0.508 e. The number of carboxylic acids is 1. The Morgan fingerprint density at radius 1 is 0.532 bits per heavy atom. The molecule has 0 aromatic heterocycles. The van der Waals surface area contributed by atoms with Gasteiger partial charge < -0.3 is 63.2 Å². The van der Waals surface area contributed by atoms with Crippen LogP contribution >= 0.6 is 0 Å². The number of hydrogen-bond donors (Lipinski definition) is 11. The van der Waals surface area contributed by atoms with Gasteiger partial charge in [0.25, 0.3) is 0 Å². The van der Waals surface area contributed by atoms with Crippen LogP contribution in [-0.2, 0) is 68.8 Å². The van der Waals surface area contributed by atoms with Gasteiger partial charge in [0.2, 0.25) is 47.3 Å². The summed E-state index contributed by atoms with van der Waals surface area (Å²) >= 11 is 0. The van der Waals surface area contributed by atoms with Crippen LogP contribution in [0.15, 0.2) is 127 Å². The van der Waals surface area contributed by atoms with Gasteiger partial charge >= 0.3 is 5.97 Å². The van der Waals surface area contributed by atoms with E-state index in [0.29, 0.717) is 36.1 Å². The zero-order chi connectivity index (χ0) is 55.3. The molecular formula is C56H65N9O12. The van der Waals surface area contributed by atoms with Gasteiger partial charge in [-0.2, -0.15) is 0 Å². The van der Waals surface area contributed by atoms with Crippen molar-refractivity contribution in [2.45, 2.75) is 87.7 Å². The number of nitrogens with zero attached hydrogens (tertiary/aromatic N) is 1. The lowest BCUT2D eigenvalue weighted by Gasteiger charge is -2.27. The zero-order valence-corrected chi connectivity index (χ0v) is 42.3. The molecule has 0 aliphatic carbocycles. The van der Waals surface area contributed by atoms with E-state index in [0.717, 1.165) is 21.2 Å². The summed E-state index contributed by atoms with van der Waals surface area (Å²) in [6.45, 7) is -1.69. The first-order valence-corrected chi connectivity index (χ1v) is 25.3. The van der Waals surface area contributed by atoms with Crippen molar-refractivity contribution >= 4 is 64.0 Å². The maximum atomic E-state index is 14.5. The number of aliphatic hydroxyl groups excluding tert-OH is 1. The molecule has 1 saturated heterocycles. The lowest BCUT2D eigenvalue weighted by molar-refractivity contribution is -0.149. The fourth-order valence-corrected chi connectivity index (χ4v) is 8.78. The van der Waals surface area contributed by atoms with Gasteiger partial charge in [0.1, 0.15) is 36.0 Å². The molecule has 21 heteroatoms. The highest BCUT2D eigenvalue weighted by molar-refractivity contribution is 5.97. The molecule has 5 aromatic rings. The van der Waals surface area contributed by atoms with Gasteiger partial charge in [-0.15, -0.1) is 0 Å². The van der Waals surface area contributed by atoms with Gasteiger partial charge in [-0.25, -0.2) is 4.79 Å². The Labute approximate surface area is 444 Å². The van der Waals surface area contributed by atoms with Crippen LogP contribution in [0.4, 0.5) is 0 Å². The second-order valence-electron chi connectivity index (χ2n) is 18.8. The largest absolute Gasteiger partial charge is 0.508 e. The quantitative estimate of drug-likeness (QED) is 0.0316. The number of aliphatic carboxylic acids is 1. The van der Waals surface area contributed by atoms with Crippen LogP contribution in [0.2, 0.25) is 0 Å². The number of aliphatic hydroxyl groups is 1. The van der Waals surface area contributed by atoms with Crippen molar-refractivity contribution < 1.29 is 58.5 Å². The van der Waals surface area contributed by atoms with Gasteiger partial charge in [-0.3, -0.25) is 38.4 Å². The molecular weight excluding hydrogens is 991 g/mol. The highest BCUT2D eigenvalue weighted by Gasteiger charge is 2.41. The summed E-state index contributed by atoms with van der Waals surface area (Å²) in [6.07, 6.45) is -0.421. The highest BCUT2D eigenvalue weighted by Crippen LogP contribution is 2.21. The van der Waals surface area contributed by atoms with Crippen molar-refractivity contribution in [3.8, 4) is 5.75 Å². The fourth-order valence-electron chi connectivity index (χ4n) is 8.78. The summed E-state index contributed by atoms with van der Waals surface area (Å²) in [5.41, 5.74) is 8.17. The van der Waals surface area contributed by atoms with E-state index in [1.807, 2.05) is 42.5 Å². The lowest BCUT2D eigenvalue weighted by Crippen LogP contribution is -2.58. The maximum Gasteiger partial charge on any atom is 0.326 e. The Morgan fingerprint density at radius 3 is 1.61 bits per heavy atom. The Balaban J connectivity index is 1.11. The molecule has 406 valence electrons. The molecule has 0 spiro atoms.